The Balaban J connectivity index is 2.31. The third kappa shape index (κ3) is 2.38. The highest BCUT2D eigenvalue weighted by molar-refractivity contribution is 5.24. The van der Waals surface area contributed by atoms with Gasteiger partial charge in [-0.05, 0) is 19.4 Å². The first kappa shape index (κ1) is 11.5. The molecule has 1 fully saturated rings. The van der Waals surface area contributed by atoms with Crippen LogP contribution in [0.3, 0.4) is 0 Å². The molecule has 0 bridgehead atoms. The molecule has 1 aliphatic rings. The molecule has 0 saturated carbocycles. The van der Waals surface area contributed by atoms with Gasteiger partial charge in [0.25, 0.3) is 0 Å². The molecule has 1 heterocycles. The predicted octanol–water partition coefficient (Wildman–Crippen LogP) is 3.31. The van der Waals surface area contributed by atoms with E-state index in [4.69, 9.17) is 0 Å². The second kappa shape index (κ2) is 4.87. The number of benzene rings is 1. The maximum Gasteiger partial charge on any atom is 0.133 e. The van der Waals surface area contributed by atoms with E-state index in [0.717, 1.165) is 37.9 Å². The smallest absolute Gasteiger partial charge is 0.133 e. The van der Waals surface area contributed by atoms with Gasteiger partial charge in [-0.1, -0.05) is 12.8 Å². The lowest BCUT2D eigenvalue weighted by Crippen LogP contribution is -2.22. The minimum atomic E-state index is -0.868. The van der Waals surface area contributed by atoms with Crippen molar-refractivity contribution in [1.29, 1.82) is 0 Å². The second-order valence-electron chi connectivity index (χ2n) is 4.14. The zero-order valence-electron chi connectivity index (χ0n) is 8.90. The third-order valence-corrected chi connectivity index (χ3v) is 2.95. The molecular weight excluding hydrogens is 215 g/mol. The van der Waals surface area contributed by atoms with E-state index in [-0.39, 0.29) is 11.6 Å². The molecule has 0 aromatic heterocycles. The number of rotatable bonds is 1. The Labute approximate surface area is 92.7 Å². The fraction of sp³-hybridized carbons (Fsp3) is 0.500. The van der Waals surface area contributed by atoms with Crippen molar-refractivity contribution in [2.24, 2.45) is 0 Å². The van der Waals surface area contributed by atoms with Crippen LogP contribution in [0.4, 0.5) is 13.2 Å². The summed E-state index contributed by atoms with van der Waals surface area (Å²) in [5, 5.41) is 3.10. The van der Waals surface area contributed by atoms with E-state index in [1.54, 1.807) is 0 Å². The van der Waals surface area contributed by atoms with Gasteiger partial charge >= 0.3 is 0 Å². The van der Waals surface area contributed by atoms with Gasteiger partial charge in [0.1, 0.15) is 17.5 Å². The van der Waals surface area contributed by atoms with Crippen LogP contribution in [0.15, 0.2) is 12.1 Å². The van der Waals surface area contributed by atoms with Crippen LogP contribution in [-0.4, -0.2) is 6.54 Å². The fourth-order valence-corrected chi connectivity index (χ4v) is 2.16. The van der Waals surface area contributed by atoms with Crippen molar-refractivity contribution in [3.63, 3.8) is 0 Å². The lowest BCUT2D eigenvalue weighted by Gasteiger charge is -2.17. The lowest BCUT2D eigenvalue weighted by atomic mass is 10.0. The highest BCUT2D eigenvalue weighted by Crippen LogP contribution is 2.27. The molecule has 1 unspecified atom stereocenters. The Kier molecular flexibility index (Phi) is 3.49. The summed E-state index contributed by atoms with van der Waals surface area (Å²) in [7, 11) is 0. The van der Waals surface area contributed by atoms with Crippen molar-refractivity contribution in [2.45, 2.75) is 31.7 Å². The van der Waals surface area contributed by atoms with Gasteiger partial charge in [-0.3, -0.25) is 0 Å². The molecule has 0 aliphatic carbocycles. The Hall–Kier alpha value is -1.03. The standard InChI is InChI=1S/C12H14F3N/c13-8-6-9(14)12(10(15)7-8)11-4-2-1-3-5-16-11/h6-7,11,16H,1-5H2. The third-order valence-electron chi connectivity index (χ3n) is 2.95. The molecule has 1 aliphatic heterocycles. The van der Waals surface area contributed by atoms with E-state index in [1.165, 1.54) is 0 Å². The van der Waals surface area contributed by atoms with E-state index in [2.05, 4.69) is 5.32 Å². The van der Waals surface area contributed by atoms with Gasteiger partial charge in [-0.15, -0.1) is 0 Å². The molecule has 88 valence electrons. The van der Waals surface area contributed by atoms with E-state index in [0.29, 0.717) is 6.42 Å². The fourth-order valence-electron chi connectivity index (χ4n) is 2.16. The topological polar surface area (TPSA) is 12.0 Å². The van der Waals surface area contributed by atoms with Crippen molar-refractivity contribution in [3.05, 3.63) is 35.1 Å². The molecular formula is C12H14F3N. The Morgan fingerprint density at radius 2 is 1.69 bits per heavy atom. The molecule has 16 heavy (non-hydrogen) atoms. The van der Waals surface area contributed by atoms with Crippen molar-refractivity contribution in [3.8, 4) is 0 Å². The first-order valence-corrected chi connectivity index (χ1v) is 5.56. The van der Waals surface area contributed by atoms with Crippen LogP contribution < -0.4 is 5.32 Å². The number of hydrogen-bond donors (Lipinski definition) is 1. The van der Waals surface area contributed by atoms with Crippen molar-refractivity contribution >= 4 is 0 Å². The Bertz CT molecular complexity index is 348. The summed E-state index contributed by atoms with van der Waals surface area (Å²) in [6, 6.07) is 1.15. The van der Waals surface area contributed by atoms with Crippen molar-refractivity contribution < 1.29 is 13.2 Å². The van der Waals surface area contributed by atoms with E-state index < -0.39 is 17.5 Å². The van der Waals surface area contributed by atoms with Crippen LogP contribution in [-0.2, 0) is 0 Å². The highest BCUT2D eigenvalue weighted by Gasteiger charge is 2.21. The van der Waals surface area contributed by atoms with Gasteiger partial charge in [-0.25, -0.2) is 13.2 Å². The predicted molar refractivity (Wildman–Crippen MR) is 55.5 cm³/mol. The largest absolute Gasteiger partial charge is 0.310 e. The Morgan fingerprint density at radius 3 is 2.38 bits per heavy atom. The van der Waals surface area contributed by atoms with Crippen LogP contribution in [0.5, 0.6) is 0 Å². The first-order valence-electron chi connectivity index (χ1n) is 5.56. The molecule has 2 rings (SSSR count). The maximum absolute atomic E-state index is 13.5. The van der Waals surface area contributed by atoms with Crippen LogP contribution in [0, 0.1) is 17.5 Å². The molecule has 1 nitrogen and oxygen atoms in total. The Morgan fingerprint density at radius 1 is 1.00 bits per heavy atom. The average Bonchev–Trinajstić information content (AvgIpc) is 2.44. The quantitative estimate of drug-likeness (QED) is 0.779. The highest BCUT2D eigenvalue weighted by atomic mass is 19.1. The van der Waals surface area contributed by atoms with Crippen LogP contribution >= 0.6 is 0 Å². The molecule has 1 N–H and O–H groups in total. The second-order valence-corrected chi connectivity index (χ2v) is 4.14. The SMILES string of the molecule is Fc1cc(F)c(C2CCCCCN2)c(F)c1. The zero-order chi connectivity index (χ0) is 11.5. The summed E-state index contributed by atoms with van der Waals surface area (Å²) in [6.07, 6.45) is 3.71. The van der Waals surface area contributed by atoms with Gasteiger partial charge in [0.05, 0.1) is 0 Å². The van der Waals surface area contributed by atoms with E-state index in [9.17, 15) is 13.2 Å². The molecule has 0 spiro atoms. The van der Waals surface area contributed by atoms with Gasteiger partial charge in [0, 0.05) is 23.7 Å². The lowest BCUT2D eigenvalue weighted by molar-refractivity contribution is 0.454. The number of halogens is 3. The molecule has 1 saturated heterocycles. The summed E-state index contributed by atoms with van der Waals surface area (Å²) >= 11 is 0. The van der Waals surface area contributed by atoms with Crippen LogP contribution in [0.25, 0.3) is 0 Å². The van der Waals surface area contributed by atoms with Crippen molar-refractivity contribution in [2.75, 3.05) is 6.54 Å². The zero-order valence-corrected chi connectivity index (χ0v) is 8.90. The number of hydrogen-bond acceptors (Lipinski definition) is 1. The van der Waals surface area contributed by atoms with Gasteiger partial charge < -0.3 is 5.32 Å². The molecule has 1 atom stereocenters. The minimum absolute atomic E-state index is 0.0247. The maximum atomic E-state index is 13.5. The summed E-state index contributed by atoms with van der Waals surface area (Å²) in [6.45, 7) is 0.751. The van der Waals surface area contributed by atoms with Gasteiger partial charge in [-0.2, -0.15) is 0 Å². The van der Waals surface area contributed by atoms with E-state index >= 15 is 0 Å². The molecule has 0 amide bonds. The average molecular weight is 229 g/mol. The summed E-state index contributed by atoms with van der Waals surface area (Å²) in [5.41, 5.74) is -0.0247. The summed E-state index contributed by atoms with van der Waals surface area (Å²) < 4.78 is 39.8. The van der Waals surface area contributed by atoms with Gasteiger partial charge in [0.2, 0.25) is 0 Å². The van der Waals surface area contributed by atoms with Crippen LogP contribution in [0.2, 0.25) is 0 Å². The first-order chi connectivity index (χ1) is 7.68. The monoisotopic (exact) mass is 229 g/mol. The van der Waals surface area contributed by atoms with Crippen LogP contribution in [0.1, 0.15) is 37.3 Å². The van der Waals surface area contributed by atoms with Crippen molar-refractivity contribution in [1.82, 2.24) is 5.32 Å². The molecule has 1 aromatic carbocycles. The summed E-state index contributed by atoms with van der Waals surface area (Å²) in [5.74, 6) is -2.46. The number of nitrogens with one attached hydrogen (secondary N) is 1. The van der Waals surface area contributed by atoms with E-state index in [1.807, 2.05) is 0 Å². The molecule has 4 heteroatoms. The van der Waals surface area contributed by atoms with Gasteiger partial charge in [0.15, 0.2) is 0 Å². The molecule has 1 aromatic rings. The summed E-state index contributed by atoms with van der Waals surface area (Å²) in [4.78, 5) is 0. The normalized spacial score (nSPS) is 21.8. The molecule has 0 radical (unpaired) electrons. The minimum Gasteiger partial charge on any atom is -0.310 e.